The van der Waals surface area contributed by atoms with E-state index in [0.717, 1.165) is 0 Å². The summed E-state index contributed by atoms with van der Waals surface area (Å²) >= 11 is 0. The highest BCUT2D eigenvalue weighted by atomic mass is 16.5. The lowest BCUT2D eigenvalue weighted by Crippen LogP contribution is -2.33. The topological polar surface area (TPSA) is 52.3 Å². The zero-order valence-electron chi connectivity index (χ0n) is 6.05. The SMILES string of the molecule is CC(=O)[C@H](N)OC(C)C. The van der Waals surface area contributed by atoms with Crippen LogP contribution in [0.4, 0.5) is 0 Å². The van der Waals surface area contributed by atoms with Crippen LogP contribution in [0.2, 0.25) is 0 Å². The Labute approximate surface area is 55.2 Å². The van der Waals surface area contributed by atoms with Gasteiger partial charge in [-0.25, -0.2) is 0 Å². The van der Waals surface area contributed by atoms with Crippen molar-refractivity contribution in [2.24, 2.45) is 5.73 Å². The first kappa shape index (κ1) is 8.59. The molecule has 0 spiro atoms. The molecule has 0 unspecified atom stereocenters. The third-order valence-electron chi connectivity index (χ3n) is 0.819. The minimum absolute atomic E-state index is 0.0175. The summed E-state index contributed by atoms with van der Waals surface area (Å²) in [6.07, 6.45) is -0.728. The molecule has 0 saturated heterocycles. The van der Waals surface area contributed by atoms with Crippen LogP contribution in [0.5, 0.6) is 0 Å². The van der Waals surface area contributed by atoms with Gasteiger partial charge in [0.25, 0.3) is 0 Å². The van der Waals surface area contributed by atoms with Gasteiger partial charge in [0.15, 0.2) is 12.0 Å². The molecule has 0 heterocycles. The quantitative estimate of drug-likeness (QED) is 0.560. The van der Waals surface area contributed by atoms with Gasteiger partial charge in [0, 0.05) is 0 Å². The summed E-state index contributed by atoms with van der Waals surface area (Å²) in [6, 6.07) is 0. The van der Waals surface area contributed by atoms with Crippen LogP contribution in [0.25, 0.3) is 0 Å². The number of nitrogens with two attached hydrogens (primary N) is 1. The molecule has 0 fully saturated rings. The molecule has 0 aromatic carbocycles. The van der Waals surface area contributed by atoms with Gasteiger partial charge in [0.2, 0.25) is 0 Å². The molecule has 9 heavy (non-hydrogen) atoms. The molecule has 1 atom stereocenters. The standard InChI is InChI=1S/C6H13NO2/c1-4(2)9-6(7)5(3)8/h4,6H,7H2,1-3H3/t6-/m1/s1. The Kier molecular flexibility index (Phi) is 3.42. The molecule has 0 aliphatic rings. The van der Waals surface area contributed by atoms with Gasteiger partial charge in [0.05, 0.1) is 6.10 Å². The predicted molar refractivity (Wildman–Crippen MR) is 34.9 cm³/mol. The van der Waals surface area contributed by atoms with Crippen molar-refractivity contribution in [1.82, 2.24) is 0 Å². The second kappa shape index (κ2) is 3.58. The Balaban J connectivity index is 3.50. The van der Waals surface area contributed by atoms with Crippen molar-refractivity contribution in [1.29, 1.82) is 0 Å². The van der Waals surface area contributed by atoms with Crippen molar-refractivity contribution in [2.45, 2.75) is 33.1 Å². The molecular formula is C6H13NO2. The molecule has 0 bridgehead atoms. The van der Waals surface area contributed by atoms with Crippen LogP contribution in [-0.4, -0.2) is 18.1 Å². The molecule has 0 aliphatic carbocycles. The normalized spacial score (nSPS) is 13.9. The molecule has 3 nitrogen and oxygen atoms in total. The van der Waals surface area contributed by atoms with Gasteiger partial charge in [-0.05, 0) is 20.8 Å². The summed E-state index contributed by atoms with van der Waals surface area (Å²) in [4.78, 5) is 10.4. The van der Waals surface area contributed by atoms with E-state index in [9.17, 15) is 4.79 Å². The van der Waals surface area contributed by atoms with Gasteiger partial charge < -0.3 is 4.74 Å². The van der Waals surface area contributed by atoms with Gasteiger partial charge in [-0.2, -0.15) is 0 Å². The Morgan fingerprint density at radius 3 is 2.11 bits per heavy atom. The van der Waals surface area contributed by atoms with E-state index in [1.807, 2.05) is 13.8 Å². The van der Waals surface area contributed by atoms with Crippen molar-refractivity contribution >= 4 is 5.78 Å². The summed E-state index contributed by atoms with van der Waals surface area (Å²) < 4.78 is 4.94. The Bertz CT molecular complexity index is 101. The number of hydrogen-bond donors (Lipinski definition) is 1. The molecule has 0 amide bonds. The molecular weight excluding hydrogens is 118 g/mol. The highest BCUT2D eigenvalue weighted by molar-refractivity contribution is 5.79. The second-order valence-corrected chi connectivity index (χ2v) is 2.22. The van der Waals surface area contributed by atoms with E-state index in [-0.39, 0.29) is 11.9 Å². The van der Waals surface area contributed by atoms with Crippen LogP contribution >= 0.6 is 0 Å². The molecule has 3 heteroatoms. The maximum atomic E-state index is 10.4. The van der Waals surface area contributed by atoms with E-state index >= 15 is 0 Å². The lowest BCUT2D eigenvalue weighted by Gasteiger charge is -2.11. The number of ether oxygens (including phenoxy) is 1. The minimum Gasteiger partial charge on any atom is -0.354 e. The number of hydrogen-bond acceptors (Lipinski definition) is 3. The van der Waals surface area contributed by atoms with E-state index < -0.39 is 6.23 Å². The fraction of sp³-hybridized carbons (Fsp3) is 0.833. The average molecular weight is 131 g/mol. The Hall–Kier alpha value is -0.410. The maximum Gasteiger partial charge on any atom is 0.173 e. The van der Waals surface area contributed by atoms with Crippen molar-refractivity contribution in [3.8, 4) is 0 Å². The fourth-order valence-corrected chi connectivity index (χ4v) is 0.389. The summed E-state index contributed by atoms with van der Waals surface area (Å²) in [6.45, 7) is 5.08. The molecule has 0 aliphatic heterocycles. The Morgan fingerprint density at radius 1 is 1.56 bits per heavy atom. The molecule has 0 saturated carbocycles. The molecule has 54 valence electrons. The van der Waals surface area contributed by atoms with Gasteiger partial charge in [-0.15, -0.1) is 0 Å². The molecule has 0 radical (unpaired) electrons. The second-order valence-electron chi connectivity index (χ2n) is 2.22. The molecule has 2 N–H and O–H groups in total. The average Bonchev–Trinajstić information content (AvgIpc) is 1.63. The minimum atomic E-state index is -0.745. The van der Waals surface area contributed by atoms with Crippen LogP contribution in [-0.2, 0) is 9.53 Å². The van der Waals surface area contributed by atoms with E-state index in [4.69, 9.17) is 10.5 Å². The largest absolute Gasteiger partial charge is 0.354 e. The Morgan fingerprint density at radius 2 is 2.00 bits per heavy atom. The predicted octanol–water partition coefficient (Wildman–Crippen LogP) is 0.285. The van der Waals surface area contributed by atoms with E-state index in [1.165, 1.54) is 6.92 Å². The number of carbonyl (C=O) groups excluding carboxylic acids is 1. The fourth-order valence-electron chi connectivity index (χ4n) is 0.389. The van der Waals surface area contributed by atoms with Crippen LogP contribution in [0.1, 0.15) is 20.8 Å². The molecule has 0 rings (SSSR count). The lowest BCUT2D eigenvalue weighted by molar-refractivity contribution is -0.130. The van der Waals surface area contributed by atoms with Gasteiger partial charge >= 0.3 is 0 Å². The van der Waals surface area contributed by atoms with E-state index in [2.05, 4.69) is 0 Å². The first-order chi connectivity index (χ1) is 4.04. The molecule has 0 aromatic heterocycles. The zero-order valence-corrected chi connectivity index (χ0v) is 6.05. The third kappa shape index (κ3) is 4.12. The summed E-state index contributed by atoms with van der Waals surface area (Å²) in [5.74, 6) is -0.135. The highest BCUT2D eigenvalue weighted by Gasteiger charge is 2.08. The van der Waals surface area contributed by atoms with Crippen molar-refractivity contribution in [2.75, 3.05) is 0 Å². The van der Waals surface area contributed by atoms with Gasteiger partial charge in [0.1, 0.15) is 0 Å². The number of carbonyl (C=O) groups is 1. The summed E-state index contributed by atoms with van der Waals surface area (Å²) in [5, 5.41) is 0. The van der Waals surface area contributed by atoms with E-state index in [1.54, 1.807) is 0 Å². The lowest BCUT2D eigenvalue weighted by atomic mass is 10.4. The summed E-state index contributed by atoms with van der Waals surface area (Å²) in [5.41, 5.74) is 5.25. The van der Waals surface area contributed by atoms with Crippen LogP contribution in [0.3, 0.4) is 0 Å². The zero-order chi connectivity index (χ0) is 7.44. The molecule has 0 aromatic rings. The maximum absolute atomic E-state index is 10.4. The number of rotatable bonds is 3. The first-order valence-electron chi connectivity index (χ1n) is 2.95. The van der Waals surface area contributed by atoms with Crippen molar-refractivity contribution in [3.05, 3.63) is 0 Å². The highest BCUT2D eigenvalue weighted by Crippen LogP contribution is 1.91. The van der Waals surface area contributed by atoms with Crippen LogP contribution in [0.15, 0.2) is 0 Å². The number of Topliss-reactive ketones (excluding diaryl/α,β-unsaturated/α-hetero) is 1. The third-order valence-corrected chi connectivity index (χ3v) is 0.819. The first-order valence-corrected chi connectivity index (χ1v) is 2.95. The monoisotopic (exact) mass is 131 g/mol. The van der Waals surface area contributed by atoms with Gasteiger partial charge in [-0.1, -0.05) is 0 Å². The smallest absolute Gasteiger partial charge is 0.173 e. The van der Waals surface area contributed by atoms with Crippen molar-refractivity contribution < 1.29 is 9.53 Å². The van der Waals surface area contributed by atoms with Crippen LogP contribution < -0.4 is 5.73 Å². The summed E-state index contributed by atoms with van der Waals surface area (Å²) in [7, 11) is 0. The van der Waals surface area contributed by atoms with Crippen LogP contribution in [0, 0.1) is 0 Å². The van der Waals surface area contributed by atoms with Crippen molar-refractivity contribution in [3.63, 3.8) is 0 Å². The van der Waals surface area contributed by atoms with Gasteiger partial charge in [-0.3, -0.25) is 10.5 Å². The van der Waals surface area contributed by atoms with E-state index in [0.29, 0.717) is 0 Å². The number of ketones is 1.